The van der Waals surface area contributed by atoms with E-state index in [2.05, 4.69) is 0 Å². The van der Waals surface area contributed by atoms with Gasteiger partial charge in [0.05, 0.1) is 30.2 Å². The van der Waals surface area contributed by atoms with E-state index in [1.54, 1.807) is 24.3 Å². The Morgan fingerprint density at radius 1 is 1.12 bits per heavy atom. The highest BCUT2D eigenvalue weighted by atomic mass is 16.1. The smallest absolute Gasteiger partial charge is 0.182 e. The maximum atomic E-state index is 11.8. The molecular weight excluding hydrogens is 216 g/mol. The minimum absolute atomic E-state index is 0.185. The van der Waals surface area contributed by atoms with Crippen LogP contribution in [0.25, 0.3) is 0 Å². The number of ketones is 1. The molecule has 1 unspecified atom stereocenters. The Hall–Kier alpha value is -2.37. The monoisotopic (exact) mass is 226 g/mol. The van der Waals surface area contributed by atoms with Crippen molar-refractivity contribution in [3.05, 3.63) is 0 Å². The largest absolute Gasteiger partial charge is 0.299 e. The van der Waals surface area contributed by atoms with Crippen LogP contribution >= 0.6 is 0 Å². The molecule has 1 saturated carbocycles. The van der Waals surface area contributed by atoms with Crippen molar-refractivity contribution in [2.24, 2.45) is 17.3 Å². The first-order chi connectivity index (χ1) is 8.16. The van der Waals surface area contributed by atoms with Gasteiger partial charge in [-0.3, -0.25) is 4.79 Å². The van der Waals surface area contributed by atoms with Gasteiger partial charge in [-0.15, -0.1) is 0 Å². The average molecular weight is 226 g/mol. The third kappa shape index (κ3) is 1.96. The van der Waals surface area contributed by atoms with Gasteiger partial charge < -0.3 is 0 Å². The molecule has 5 nitrogen and oxygen atoms in total. The van der Waals surface area contributed by atoms with Crippen molar-refractivity contribution in [1.82, 2.24) is 0 Å². The first-order valence-corrected chi connectivity index (χ1v) is 5.30. The van der Waals surface area contributed by atoms with Gasteiger partial charge in [-0.2, -0.15) is 21.0 Å². The Kier molecular flexibility index (Phi) is 3.82. The van der Waals surface area contributed by atoms with Crippen LogP contribution in [0, 0.1) is 62.6 Å². The summed E-state index contributed by atoms with van der Waals surface area (Å²) < 4.78 is 0. The van der Waals surface area contributed by atoms with Crippen LogP contribution in [0.1, 0.15) is 25.7 Å². The summed E-state index contributed by atoms with van der Waals surface area (Å²) in [5.74, 6) is -2.38. The predicted octanol–water partition coefficient (Wildman–Crippen LogP) is 1.44. The van der Waals surface area contributed by atoms with Gasteiger partial charge >= 0.3 is 0 Å². The SMILES string of the molecule is N#CC(C#N)C(C#N)(C#N)C1CCCCC1=O. The highest BCUT2D eigenvalue weighted by Gasteiger charge is 2.51. The molecule has 0 saturated heterocycles. The molecule has 0 N–H and O–H groups in total. The van der Waals surface area contributed by atoms with E-state index < -0.39 is 17.3 Å². The van der Waals surface area contributed by atoms with Crippen LogP contribution in [0.4, 0.5) is 0 Å². The molecule has 1 aliphatic rings. The second-order valence-electron chi connectivity index (χ2n) is 4.05. The molecule has 0 bridgehead atoms. The molecule has 1 atom stereocenters. The van der Waals surface area contributed by atoms with Gasteiger partial charge in [-0.05, 0) is 12.8 Å². The Morgan fingerprint density at radius 3 is 2.12 bits per heavy atom. The van der Waals surface area contributed by atoms with Crippen LogP contribution in [0.3, 0.4) is 0 Å². The van der Waals surface area contributed by atoms with Crippen LogP contribution in [0.2, 0.25) is 0 Å². The fourth-order valence-electron chi connectivity index (χ4n) is 2.21. The number of rotatable bonds is 2. The Bertz CT molecular complexity index is 455. The molecule has 0 spiro atoms. The number of Topliss-reactive ketones (excluding diaryl/α,β-unsaturated/α-hetero) is 1. The summed E-state index contributed by atoms with van der Waals surface area (Å²) in [6.45, 7) is 0. The van der Waals surface area contributed by atoms with Gasteiger partial charge in [0.25, 0.3) is 0 Å². The van der Waals surface area contributed by atoms with E-state index in [0.717, 1.165) is 12.8 Å². The fourth-order valence-corrected chi connectivity index (χ4v) is 2.21. The van der Waals surface area contributed by atoms with Gasteiger partial charge in [0.1, 0.15) is 5.78 Å². The highest BCUT2D eigenvalue weighted by molar-refractivity contribution is 5.83. The van der Waals surface area contributed by atoms with Gasteiger partial charge in [0, 0.05) is 6.42 Å². The third-order valence-corrected chi connectivity index (χ3v) is 3.19. The summed E-state index contributed by atoms with van der Waals surface area (Å²) in [7, 11) is 0. The van der Waals surface area contributed by atoms with Crippen LogP contribution in [-0.4, -0.2) is 5.78 Å². The lowest BCUT2D eigenvalue weighted by Crippen LogP contribution is -2.40. The summed E-state index contributed by atoms with van der Waals surface area (Å²) in [5.41, 5.74) is -1.82. The van der Waals surface area contributed by atoms with Crippen LogP contribution in [0.5, 0.6) is 0 Å². The van der Waals surface area contributed by atoms with Crippen LogP contribution in [-0.2, 0) is 4.79 Å². The van der Waals surface area contributed by atoms with Crippen molar-refractivity contribution in [3.63, 3.8) is 0 Å². The molecule has 0 aromatic rings. The topological polar surface area (TPSA) is 112 Å². The second kappa shape index (κ2) is 5.11. The quantitative estimate of drug-likeness (QED) is 0.706. The predicted molar refractivity (Wildman–Crippen MR) is 55.3 cm³/mol. The van der Waals surface area contributed by atoms with Crippen LogP contribution < -0.4 is 0 Å². The lowest BCUT2D eigenvalue weighted by Gasteiger charge is -2.31. The molecule has 0 amide bonds. The van der Waals surface area contributed by atoms with Crippen LogP contribution in [0.15, 0.2) is 0 Å². The van der Waals surface area contributed by atoms with E-state index >= 15 is 0 Å². The van der Waals surface area contributed by atoms with Gasteiger partial charge in [-0.25, -0.2) is 0 Å². The minimum Gasteiger partial charge on any atom is -0.299 e. The van der Waals surface area contributed by atoms with Crippen molar-refractivity contribution in [2.75, 3.05) is 0 Å². The van der Waals surface area contributed by atoms with E-state index in [9.17, 15) is 4.79 Å². The molecule has 5 heteroatoms. The second-order valence-corrected chi connectivity index (χ2v) is 4.05. The molecular formula is C12H10N4O. The molecule has 1 fully saturated rings. The number of hydrogen-bond acceptors (Lipinski definition) is 5. The Morgan fingerprint density at radius 2 is 1.71 bits per heavy atom. The minimum atomic E-state index is -1.82. The molecule has 0 heterocycles. The van der Waals surface area contributed by atoms with Gasteiger partial charge in [0.2, 0.25) is 0 Å². The number of carbonyl (C=O) groups excluding carboxylic acids is 1. The zero-order valence-corrected chi connectivity index (χ0v) is 9.18. The lowest BCUT2D eigenvalue weighted by molar-refractivity contribution is -0.127. The van der Waals surface area contributed by atoms with E-state index in [1.165, 1.54) is 0 Å². The first-order valence-electron chi connectivity index (χ1n) is 5.30. The normalized spacial score (nSPS) is 19.8. The number of hydrogen-bond donors (Lipinski definition) is 0. The molecule has 0 aliphatic heterocycles. The first kappa shape index (κ1) is 12.7. The molecule has 0 aromatic heterocycles. The summed E-state index contributed by atoms with van der Waals surface area (Å²) in [4.78, 5) is 11.8. The Labute approximate surface area is 99.5 Å². The van der Waals surface area contributed by atoms with Gasteiger partial charge in [-0.1, -0.05) is 6.42 Å². The van der Waals surface area contributed by atoms with Crippen molar-refractivity contribution in [2.45, 2.75) is 25.7 Å². The van der Waals surface area contributed by atoms with Crippen molar-refractivity contribution in [3.8, 4) is 24.3 Å². The summed E-state index contributed by atoms with van der Waals surface area (Å²) in [6, 6.07) is 6.79. The molecule has 1 aliphatic carbocycles. The van der Waals surface area contributed by atoms with Crippen molar-refractivity contribution < 1.29 is 4.79 Å². The Balaban J connectivity index is 3.23. The van der Waals surface area contributed by atoms with E-state index in [4.69, 9.17) is 21.0 Å². The molecule has 1 rings (SSSR count). The van der Waals surface area contributed by atoms with Gasteiger partial charge in [0.15, 0.2) is 11.3 Å². The zero-order chi connectivity index (χ0) is 12.9. The molecule has 17 heavy (non-hydrogen) atoms. The summed E-state index contributed by atoms with van der Waals surface area (Å²) in [6.07, 6.45) is 2.20. The third-order valence-electron chi connectivity index (χ3n) is 3.19. The average Bonchev–Trinajstić information content (AvgIpc) is 2.37. The number of nitrogens with zero attached hydrogens (tertiary/aromatic N) is 4. The maximum Gasteiger partial charge on any atom is 0.182 e. The van der Waals surface area contributed by atoms with Crippen molar-refractivity contribution in [1.29, 1.82) is 21.0 Å². The highest BCUT2D eigenvalue weighted by Crippen LogP contribution is 2.41. The zero-order valence-electron chi connectivity index (χ0n) is 9.18. The van der Waals surface area contributed by atoms with E-state index in [0.29, 0.717) is 12.8 Å². The molecule has 0 radical (unpaired) electrons. The molecule has 0 aromatic carbocycles. The van der Waals surface area contributed by atoms with E-state index in [-0.39, 0.29) is 5.78 Å². The van der Waals surface area contributed by atoms with Crippen molar-refractivity contribution >= 4 is 5.78 Å². The summed E-state index contributed by atoms with van der Waals surface area (Å²) >= 11 is 0. The van der Waals surface area contributed by atoms with E-state index in [1.807, 2.05) is 0 Å². The number of nitriles is 4. The maximum absolute atomic E-state index is 11.8. The lowest BCUT2D eigenvalue weighted by atomic mass is 9.64. The summed E-state index contributed by atoms with van der Waals surface area (Å²) in [5, 5.41) is 36.0. The fraction of sp³-hybridized carbons (Fsp3) is 0.583. The standard InChI is InChI=1S/C12H10N4O/c13-5-9(6-14)12(7-15,8-16)10-3-1-2-4-11(10)17/h9-10H,1-4H2. The molecule has 84 valence electrons. The number of carbonyl (C=O) groups is 1.